The van der Waals surface area contributed by atoms with Crippen molar-refractivity contribution in [1.82, 2.24) is 4.98 Å². The van der Waals surface area contributed by atoms with E-state index in [1.807, 2.05) is 44.2 Å². The van der Waals surface area contributed by atoms with Crippen molar-refractivity contribution in [2.24, 2.45) is 0 Å². The summed E-state index contributed by atoms with van der Waals surface area (Å²) in [5, 5.41) is 10.9. The zero-order chi connectivity index (χ0) is 14.4. The minimum absolute atomic E-state index is 0.296. The SMILES string of the molecule is Cc1ccc(C)c(OC[C@H](O)CSc2ccccn2)c1. The van der Waals surface area contributed by atoms with Crippen LogP contribution < -0.4 is 4.74 Å². The van der Waals surface area contributed by atoms with E-state index < -0.39 is 6.10 Å². The highest BCUT2D eigenvalue weighted by Crippen LogP contribution is 2.20. The number of benzene rings is 1. The Balaban J connectivity index is 1.80. The average Bonchev–Trinajstić information content (AvgIpc) is 2.47. The van der Waals surface area contributed by atoms with E-state index in [-0.39, 0.29) is 0 Å². The second-order valence-corrected chi connectivity index (χ2v) is 5.75. The number of aliphatic hydroxyl groups is 1. The molecule has 3 nitrogen and oxygen atoms in total. The van der Waals surface area contributed by atoms with Crippen molar-refractivity contribution >= 4 is 11.8 Å². The van der Waals surface area contributed by atoms with Gasteiger partial charge in [0.15, 0.2) is 0 Å². The van der Waals surface area contributed by atoms with E-state index in [0.717, 1.165) is 21.9 Å². The first kappa shape index (κ1) is 14.9. The van der Waals surface area contributed by atoms with Gasteiger partial charge >= 0.3 is 0 Å². The Morgan fingerprint density at radius 2 is 2.10 bits per heavy atom. The summed E-state index contributed by atoms with van der Waals surface area (Å²) < 4.78 is 5.68. The third-order valence-corrected chi connectivity index (χ3v) is 3.92. The predicted octanol–water partition coefficient (Wildman–Crippen LogP) is 3.23. The zero-order valence-corrected chi connectivity index (χ0v) is 12.6. The number of ether oxygens (including phenoxy) is 1. The fourth-order valence-corrected chi connectivity index (χ4v) is 2.48. The summed E-state index contributed by atoms with van der Waals surface area (Å²) in [5.41, 5.74) is 2.24. The van der Waals surface area contributed by atoms with Crippen molar-refractivity contribution in [2.45, 2.75) is 25.0 Å². The van der Waals surface area contributed by atoms with E-state index in [2.05, 4.69) is 11.1 Å². The molecule has 0 unspecified atom stereocenters. The Hall–Kier alpha value is -1.52. The van der Waals surface area contributed by atoms with Crippen LogP contribution in [-0.2, 0) is 0 Å². The minimum Gasteiger partial charge on any atom is -0.491 e. The van der Waals surface area contributed by atoms with Crippen LogP contribution >= 0.6 is 11.8 Å². The van der Waals surface area contributed by atoms with Gasteiger partial charge in [0.25, 0.3) is 0 Å². The number of aliphatic hydroxyl groups excluding tert-OH is 1. The highest BCUT2D eigenvalue weighted by atomic mass is 32.2. The maximum atomic E-state index is 9.96. The van der Waals surface area contributed by atoms with E-state index in [4.69, 9.17) is 4.74 Å². The first-order valence-corrected chi connectivity index (χ1v) is 7.55. The molecule has 20 heavy (non-hydrogen) atoms. The lowest BCUT2D eigenvalue weighted by Gasteiger charge is -2.14. The molecule has 0 amide bonds. The van der Waals surface area contributed by atoms with E-state index in [1.54, 1.807) is 6.20 Å². The van der Waals surface area contributed by atoms with Gasteiger partial charge < -0.3 is 9.84 Å². The number of rotatable bonds is 6. The molecule has 2 aromatic rings. The molecule has 0 saturated heterocycles. The summed E-state index contributed by atoms with van der Waals surface area (Å²) >= 11 is 1.53. The van der Waals surface area contributed by atoms with Crippen LogP contribution in [0, 0.1) is 13.8 Å². The van der Waals surface area contributed by atoms with Crippen molar-refractivity contribution in [3.8, 4) is 5.75 Å². The molecule has 0 saturated carbocycles. The Labute approximate surface area is 124 Å². The van der Waals surface area contributed by atoms with Gasteiger partial charge in [-0.1, -0.05) is 18.2 Å². The molecule has 0 aliphatic carbocycles. The molecule has 2 rings (SSSR count). The molecule has 1 N–H and O–H groups in total. The first-order chi connectivity index (χ1) is 9.65. The van der Waals surface area contributed by atoms with E-state index in [0.29, 0.717) is 12.4 Å². The number of hydrogen-bond acceptors (Lipinski definition) is 4. The molecule has 0 bridgehead atoms. The largest absolute Gasteiger partial charge is 0.491 e. The molecule has 1 atom stereocenters. The molecule has 1 aromatic heterocycles. The molecule has 106 valence electrons. The van der Waals surface area contributed by atoms with Crippen LogP contribution in [0.15, 0.2) is 47.6 Å². The van der Waals surface area contributed by atoms with Crippen LogP contribution in [0.5, 0.6) is 5.75 Å². The van der Waals surface area contributed by atoms with Gasteiger partial charge in [-0.25, -0.2) is 4.98 Å². The minimum atomic E-state index is -0.512. The molecule has 0 spiro atoms. The van der Waals surface area contributed by atoms with E-state index in [9.17, 15) is 5.11 Å². The van der Waals surface area contributed by atoms with Crippen LogP contribution in [-0.4, -0.2) is 28.6 Å². The van der Waals surface area contributed by atoms with Gasteiger partial charge in [0.1, 0.15) is 12.4 Å². The van der Waals surface area contributed by atoms with Crippen LogP contribution in [0.4, 0.5) is 0 Å². The maximum absolute atomic E-state index is 9.96. The van der Waals surface area contributed by atoms with Crippen LogP contribution in [0.25, 0.3) is 0 Å². The van der Waals surface area contributed by atoms with Crippen molar-refractivity contribution in [3.63, 3.8) is 0 Å². The van der Waals surface area contributed by atoms with Crippen molar-refractivity contribution in [1.29, 1.82) is 0 Å². The standard InChI is InChI=1S/C16H19NO2S/c1-12-6-7-13(2)15(9-12)19-10-14(18)11-20-16-5-3-4-8-17-16/h3-9,14,18H,10-11H2,1-2H3/t14-/m0/s1. The summed E-state index contributed by atoms with van der Waals surface area (Å²) in [7, 11) is 0. The fourth-order valence-electron chi connectivity index (χ4n) is 1.71. The lowest BCUT2D eigenvalue weighted by molar-refractivity contribution is 0.126. The monoisotopic (exact) mass is 289 g/mol. The Bertz CT molecular complexity index is 545. The van der Waals surface area contributed by atoms with Crippen LogP contribution in [0.3, 0.4) is 0 Å². The van der Waals surface area contributed by atoms with Gasteiger partial charge in [-0.2, -0.15) is 0 Å². The number of aryl methyl sites for hydroxylation is 2. The number of nitrogens with zero attached hydrogens (tertiary/aromatic N) is 1. The number of pyridine rings is 1. The molecule has 0 radical (unpaired) electrons. The molecule has 0 aliphatic heterocycles. The number of hydrogen-bond donors (Lipinski definition) is 1. The average molecular weight is 289 g/mol. The lowest BCUT2D eigenvalue weighted by Crippen LogP contribution is -2.20. The summed E-state index contributed by atoms with van der Waals surface area (Å²) in [4.78, 5) is 4.21. The third-order valence-electron chi connectivity index (χ3n) is 2.84. The van der Waals surface area contributed by atoms with Crippen LogP contribution in [0.2, 0.25) is 0 Å². The lowest BCUT2D eigenvalue weighted by atomic mass is 10.1. The highest BCUT2D eigenvalue weighted by Gasteiger charge is 2.08. The Morgan fingerprint density at radius 3 is 2.85 bits per heavy atom. The third kappa shape index (κ3) is 4.54. The van der Waals surface area contributed by atoms with Crippen molar-refractivity contribution in [3.05, 3.63) is 53.7 Å². The number of thioether (sulfide) groups is 1. The molecule has 4 heteroatoms. The molecule has 0 fully saturated rings. The summed E-state index contributed by atoms with van der Waals surface area (Å²) in [6.45, 7) is 4.33. The normalized spacial score (nSPS) is 12.2. The second kappa shape index (κ2) is 7.31. The zero-order valence-electron chi connectivity index (χ0n) is 11.7. The topological polar surface area (TPSA) is 42.4 Å². The summed E-state index contributed by atoms with van der Waals surface area (Å²) in [6, 6.07) is 11.8. The fraction of sp³-hybridized carbons (Fsp3) is 0.312. The van der Waals surface area contributed by atoms with E-state index in [1.165, 1.54) is 11.8 Å². The Morgan fingerprint density at radius 1 is 1.25 bits per heavy atom. The first-order valence-electron chi connectivity index (χ1n) is 6.57. The molecule has 1 heterocycles. The quantitative estimate of drug-likeness (QED) is 0.829. The second-order valence-electron chi connectivity index (χ2n) is 4.71. The Kier molecular flexibility index (Phi) is 5.44. The molecule has 0 aliphatic rings. The smallest absolute Gasteiger partial charge is 0.122 e. The molecule has 1 aromatic carbocycles. The number of aromatic nitrogens is 1. The highest BCUT2D eigenvalue weighted by molar-refractivity contribution is 7.99. The van der Waals surface area contributed by atoms with Crippen molar-refractivity contribution < 1.29 is 9.84 Å². The maximum Gasteiger partial charge on any atom is 0.122 e. The van der Waals surface area contributed by atoms with Gasteiger partial charge in [-0.3, -0.25) is 0 Å². The van der Waals surface area contributed by atoms with Gasteiger partial charge in [0.2, 0.25) is 0 Å². The van der Waals surface area contributed by atoms with E-state index >= 15 is 0 Å². The van der Waals surface area contributed by atoms with Gasteiger partial charge in [-0.15, -0.1) is 11.8 Å². The molecular formula is C16H19NO2S. The van der Waals surface area contributed by atoms with Crippen molar-refractivity contribution in [2.75, 3.05) is 12.4 Å². The molecular weight excluding hydrogens is 270 g/mol. The van der Waals surface area contributed by atoms with Gasteiger partial charge in [0.05, 0.1) is 11.1 Å². The van der Waals surface area contributed by atoms with Crippen LogP contribution in [0.1, 0.15) is 11.1 Å². The van der Waals surface area contributed by atoms with Gasteiger partial charge in [0, 0.05) is 11.9 Å². The summed E-state index contributed by atoms with van der Waals surface area (Å²) in [6.07, 6.45) is 1.24. The predicted molar refractivity (Wildman–Crippen MR) is 82.4 cm³/mol. The van der Waals surface area contributed by atoms with Gasteiger partial charge in [-0.05, 0) is 43.2 Å². The summed E-state index contributed by atoms with van der Waals surface area (Å²) in [5.74, 6) is 1.41.